The van der Waals surface area contributed by atoms with Crippen LogP contribution in [0.15, 0.2) is 11.4 Å². The van der Waals surface area contributed by atoms with Gasteiger partial charge in [0.2, 0.25) is 5.78 Å². The van der Waals surface area contributed by atoms with Crippen molar-refractivity contribution in [3.05, 3.63) is 21.3 Å². The predicted molar refractivity (Wildman–Crippen MR) is 54.6 cm³/mol. The fraction of sp³-hybridized carbons (Fsp3) is 0.444. The monoisotopic (exact) mass is 218 g/mol. The van der Waals surface area contributed by atoms with Gasteiger partial charge in [0.05, 0.1) is 9.90 Å². The van der Waals surface area contributed by atoms with Gasteiger partial charge in [-0.3, -0.25) is 4.79 Å². The Bertz CT molecular complexity index is 296. The molecule has 1 aromatic rings. The minimum atomic E-state index is -0.902. The van der Waals surface area contributed by atoms with Crippen LogP contribution in [0.3, 0.4) is 0 Å². The quantitative estimate of drug-likeness (QED) is 0.790. The Balaban J connectivity index is 2.73. The molecule has 0 saturated carbocycles. The molecule has 1 aromatic heterocycles. The van der Waals surface area contributed by atoms with Crippen molar-refractivity contribution in [1.82, 2.24) is 0 Å². The van der Waals surface area contributed by atoms with E-state index in [0.29, 0.717) is 16.3 Å². The summed E-state index contributed by atoms with van der Waals surface area (Å²) in [6.07, 6.45) is 0.379. The lowest BCUT2D eigenvalue weighted by Gasteiger charge is -2.05. The molecule has 1 heterocycles. The maximum Gasteiger partial charge on any atom is 0.202 e. The number of carbonyl (C=O) groups is 1. The zero-order chi connectivity index (χ0) is 9.84. The number of hydrogen-bond donors (Lipinski definition) is 1. The highest BCUT2D eigenvalue weighted by Crippen LogP contribution is 2.24. The highest BCUT2D eigenvalue weighted by Gasteiger charge is 2.19. The standard InChI is InChI=1S/C9H11ClO2S/c1-2-3-7(11)8(12)9-6(10)4-5-13-9/h4-5,7,11H,2-3H2,1H3. The van der Waals surface area contributed by atoms with E-state index in [1.54, 1.807) is 11.4 Å². The van der Waals surface area contributed by atoms with Gasteiger partial charge in [0, 0.05) is 0 Å². The van der Waals surface area contributed by atoms with Crippen LogP contribution in [0.2, 0.25) is 5.02 Å². The number of carbonyl (C=O) groups excluding carboxylic acids is 1. The zero-order valence-electron chi connectivity index (χ0n) is 7.29. The minimum absolute atomic E-state index is 0.262. The molecular formula is C9H11ClO2S. The molecule has 0 aromatic carbocycles. The Labute approximate surface area is 86.2 Å². The summed E-state index contributed by atoms with van der Waals surface area (Å²) in [7, 11) is 0. The second kappa shape index (κ2) is 4.74. The first-order valence-corrected chi connectivity index (χ1v) is 5.37. The lowest BCUT2D eigenvalue weighted by molar-refractivity contribution is 0.0734. The highest BCUT2D eigenvalue weighted by atomic mass is 35.5. The van der Waals surface area contributed by atoms with E-state index >= 15 is 0 Å². The summed E-state index contributed by atoms with van der Waals surface area (Å²) in [6, 6.07) is 1.66. The molecule has 0 aliphatic heterocycles. The summed E-state index contributed by atoms with van der Waals surface area (Å²) < 4.78 is 0. The van der Waals surface area contributed by atoms with Gasteiger partial charge in [0.25, 0.3) is 0 Å². The van der Waals surface area contributed by atoms with E-state index < -0.39 is 6.10 Å². The number of hydrogen-bond acceptors (Lipinski definition) is 3. The third-order valence-electron chi connectivity index (χ3n) is 1.71. The molecule has 0 spiro atoms. The SMILES string of the molecule is CCCC(O)C(=O)c1sccc1Cl. The molecule has 1 rings (SSSR count). The highest BCUT2D eigenvalue weighted by molar-refractivity contribution is 7.12. The van der Waals surface area contributed by atoms with E-state index in [2.05, 4.69) is 0 Å². The number of halogens is 1. The van der Waals surface area contributed by atoms with Gasteiger partial charge in [-0.2, -0.15) is 0 Å². The molecule has 2 nitrogen and oxygen atoms in total. The summed E-state index contributed by atoms with van der Waals surface area (Å²) in [5.41, 5.74) is 0. The number of Topliss-reactive ketones (excluding diaryl/α,β-unsaturated/α-hetero) is 1. The molecule has 0 radical (unpaired) electrons. The molecule has 0 fully saturated rings. The Hall–Kier alpha value is -0.380. The third-order valence-corrected chi connectivity index (χ3v) is 3.06. The maximum absolute atomic E-state index is 11.5. The van der Waals surface area contributed by atoms with Crippen LogP contribution in [0.4, 0.5) is 0 Å². The number of thiophene rings is 1. The van der Waals surface area contributed by atoms with Crippen LogP contribution < -0.4 is 0 Å². The lowest BCUT2D eigenvalue weighted by atomic mass is 10.1. The van der Waals surface area contributed by atoms with E-state index in [1.807, 2.05) is 6.92 Å². The normalized spacial score (nSPS) is 12.8. The fourth-order valence-electron chi connectivity index (χ4n) is 1.03. The summed E-state index contributed by atoms with van der Waals surface area (Å²) in [4.78, 5) is 12.0. The minimum Gasteiger partial charge on any atom is -0.385 e. The number of rotatable bonds is 4. The van der Waals surface area contributed by atoms with Crippen LogP contribution >= 0.6 is 22.9 Å². The molecule has 13 heavy (non-hydrogen) atoms. The van der Waals surface area contributed by atoms with Gasteiger partial charge >= 0.3 is 0 Å². The van der Waals surface area contributed by atoms with Crippen LogP contribution in [-0.2, 0) is 0 Å². The van der Waals surface area contributed by atoms with Crippen molar-refractivity contribution < 1.29 is 9.90 Å². The second-order valence-corrected chi connectivity index (χ2v) is 4.09. The van der Waals surface area contributed by atoms with Gasteiger partial charge in [0.1, 0.15) is 6.10 Å². The first kappa shape index (κ1) is 10.7. The van der Waals surface area contributed by atoms with Gasteiger partial charge in [-0.05, 0) is 17.9 Å². The molecule has 1 unspecified atom stereocenters. The Kier molecular flexibility index (Phi) is 3.90. The van der Waals surface area contributed by atoms with Crippen molar-refractivity contribution in [2.45, 2.75) is 25.9 Å². The van der Waals surface area contributed by atoms with E-state index in [4.69, 9.17) is 11.6 Å². The Morgan fingerprint density at radius 3 is 2.92 bits per heavy atom. The lowest BCUT2D eigenvalue weighted by Crippen LogP contribution is -2.19. The summed E-state index contributed by atoms with van der Waals surface area (Å²) in [5, 5.41) is 11.6. The van der Waals surface area contributed by atoms with Gasteiger partial charge in [-0.15, -0.1) is 11.3 Å². The van der Waals surface area contributed by atoms with Crippen LogP contribution in [0.5, 0.6) is 0 Å². The summed E-state index contributed by atoms with van der Waals surface area (Å²) in [6.45, 7) is 1.92. The van der Waals surface area contributed by atoms with Gasteiger partial charge < -0.3 is 5.11 Å². The van der Waals surface area contributed by atoms with Crippen molar-refractivity contribution in [1.29, 1.82) is 0 Å². The number of aliphatic hydroxyl groups is 1. The van der Waals surface area contributed by atoms with Gasteiger partial charge in [-0.25, -0.2) is 0 Å². The topological polar surface area (TPSA) is 37.3 Å². The van der Waals surface area contributed by atoms with Crippen molar-refractivity contribution in [3.63, 3.8) is 0 Å². The molecule has 0 saturated heterocycles. The Morgan fingerprint density at radius 2 is 2.46 bits per heavy atom. The average Bonchev–Trinajstić information content (AvgIpc) is 2.50. The predicted octanol–water partition coefficient (Wildman–Crippen LogP) is 2.75. The van der Waals surface area contributed by atoms with Crippen LogP contribution in [0.1, 0.15) is 29.4 Å². The van der Waals surface area contributed by atoms with Crippen molar-refractivity contribution >= 4 is 28.7 Å². The fourth-order valence-corrected chi connectivity index (χ4v) is 2.16. The van der Waals surface area contributed by atoms with Crippen molar-refractivity contribution in [3.8, 4) is 0 Å². The maximum atomic E-state index is 11.5. The molecular weight excluding hydrogens is 208 g/mol. The molecule has 1 atom stereocenters. The largest absolute Gasteiger partial charge is 0.385 e. The summed E-state index contributed by atoms with van der Waals surface area (Å²) in [5.74, 6) is -0.262. The number of aliphatic hydroxyl groups excluding tert-OH is 1. The van der Waals surface area contributed by atoms with Crippen LogP contribution in [0, 0.1) is 0 Å². The molecule has 0 aliphatic rings. The smallest absolute Gasteiger partial charge is 0.202 e. The molecule has 72 valence electrons. The second-order valence-electron chi connectivity index (χ2n) is 2.77. The van der Waals surface area contributed by atoms with Crippen molar-refractivity contribution in [2.75, 3.05) is 0 Å². The van der Waals surface area contributed by atoms with E-state index in [1.165, 1.54) is 11.3 Å². The Morgan fingerprint density at radius 1 is 1.77 bits per heavy atom. The van der Waals surface area contributed by atoms with E-state index in [0.717, 1.165) is 6.42 Å². The average molecular weight is 219 g/mol. The molecule has 0 bridgehead atoms. The molecule has 0 aliphatic carbocycles. The van der Waals surface area contributed by atoms with E-state index in [-0.39, 0.29) is 5.78 Å². The summed E-state index contributed by atoms with van der Waals surface area (Å²) >= 11 is 7.03. The van der Waals surface area contributed by atoms with Gasteiger partial charge in [0.15, 0.2) is 0 Å². The van der Waals surface area contributed by atoms with Gasteiger partial charge in [-0.1, -0.05) is 24.9 Å². The molecule has 1 N–H and O–H groups in total. The zero-order valence-corrected chi connectivity index (χ0v) is 8.86. The number of ketones is 1. The van der Waals surface area contributed by atoms with Crippen LogP contribution in [0.25, 0.3) is 0 Å². The first-order valence-electron chi connectivity index (χ1n) is 4.12. The van der Waals surface area contributed by atoms with Crippen molar-refractivity contribution in [2.24, 2.45) is 0 Å². The van der Waals surface area contributed by atoms with Crippen LogP contribution in [-0.4, -0.2) is 17.0 Å². The first-order chi connectivity index (χ1) is 6.16. The molecule has 4 heteroatoms. The molecule has 0 amide bonds. The third kappa shape index (κ3) is 2.53. The van der Waals surface area contributed by atoms with E-state index in [9.17, 15) is 9.90 Å².